The lowest BCUT2D eigenvalue weighted by Gasteiger charge is -2.29. The van der Waals surface area contributed by atoms with E-state index >= 15 is 0 Å². The van der Waals surface area contributed by atoms with Crippen molar-refractivity contribution in [2.24, 2.45) is 0 Å². The monoisotopic (exact) mass is 605 g/mol. The van der Waals surface area contributed by atoms with Crippen LogP contribution in [0, 0.1) is 0 Å². The first kappa shape index (κ1) is 31.5. The number of methoxy groups -OCH3 is 1. The number of carbonyl (C=O) groups excluding carboxylic acids is 2. The Labute approximate surface area is 243 Å². The Balaban J connectivity index is 1.59. The van der Waals surface area contributed by atoms with Crippen molar-refractivity contribution >= 4 is 22.7 Å². The number of halogens is 6. The Kier molecular flexibility index (Phi) is 9.37. The highest BCUT2D eigenvalue weighted by molar-refractivity contribution is 5.95. The summed E-state index contributed by atoms with van der Waals surface area (Å²) in [6.07, 6.45) is -8.25. The fourth-order valence-corrected chi connectivity index (χ4v) is 4.86. The highest BCUT2D eigenvalue weighted by Gasteiger charge is 2.38. The number of rotatable bonds is 10. The molecule has 2 N–H and O–H groups in total. The molecular weight excluding hydrogens is 576 g/mol. The number of benzene rings is 3. The lowest BCUT2D eigenvalue weighted by atomic mass is 9.98. The van der Waals surface area contributed by atoms with Gasteiger partial charge in [0, 0.05) is 54.3 Å². The molecule has 0 radical (unpaired) electrons. The minimum atomic E-state index is -5.10. The Bertz CT molecular complexity index is 1560. The second kappa shape index (κ2) is 12.8. The van der Waals surface area contributed by atoms with Crippen molar-refractivity contribution in [3.05, 3.63) is 101 Å². The third-order valence-electron chi connectivity index (χ3n) is 7.21. The van der Waals surface area contributed by atoms with E-state index in [0.717, 1.165) is 26.9 Å². The van der Waals surface area contributed by atoms with Crippen molar-refractivity contribution in [3.8, 4) is 5.75 Å². The van der Waals surface area contributed by atoms with Gasteiger partial charge in [-0.15, -0.1) is 0 Å². The average Bonchev–Trinajstić information content (AvgIpc) is 3.39. The van der Waals surface area contributed by atoms with E-state index in [9.17, 15) is 35.9 Å². The molecule has 0 aliphatic rings. The SMILES string of the molecule is COc1ccccc1CNC(=O)CCC(Cc1c[nH]c2ccccc12)N(C)C(=O)c1cc(C(F)(F)F)cc(C(F)(F)F)c1. The summed E-state index contributed by atoms with van der Waals surface area (Å²) in [4.78, 5) is 30.4. The van der Waals surface area contributed by atoms with Gasteiger partial charge in [-0.25, -0.2) is 0 Å². The standard InChI is InChI=1S/C31H29F6N3O3/c1-40(29(42)20-13-22(30(32,33)34)16-23(14-20)31(35,36)37)24(15-21-18-38-26-9-5-4-8-25(21)26)11-12-28(41)39-17-19-7-3-6-10-27(19)43-2/h3-10,13-14,16,18,24,38H,11-12,15,17H2,1-2H3,(H,39,41). The summed E-state index contributed by atoms with van der Waals surface area (Å²) in [6, 6.07) is 14.5. The van der Waals surface area contributed by atoms with Gasteiger partial charge in [0.05, 0.1) is 18.2 Å². The molecule has 4 aromatic rings. The number of aromatic amines is 1. The lowest BCUT2D eigenvalue weighted by molar-refractivity contribution is -0.143. The van der Waals surface area contributed by atoms with Crippen LogP contribution in [0.15, 0.2) is 72.9 Å². The molecule has 1 heterocycles. The quantitative estimate of drug-likeness (QED) is 0.191. The topological polar surface area (TPSA) is 74.4 Å². The van der Waals surface area contributed by atoms with Crippen LogP contribution in [0.1, 0.15) is 45.5 Å². The van der Waals surface area contributed by atoms with Gasteiger partial charge < -0.3 is 19.9 Å². The third-order valence-corrected chi connectivity index (χ3v) is 7.21. The predicted molar refractivity (Wildman–Crippen MR) is 148 cm³/mol. The number of ether oxygens (including phenoxy) is 1. The molecule has 228 valence electrons. The van der Waals surface area contributed by atoms with Gasteiger partial charge in [0.2, 0.25) is 5.91 Å². The zero-order chi connectivity index (χ0) is 31.4. The lowest BCUT2D eigenvalue weighted by Crippen LogP contribution is -2.39. The van der Waals surface area contributed by atoms with E-state index in [0.29, 0.717) is 17.9 Å². The van der Waals surface area contributed by atoms with Gasteiger partial charge in [0.25, 0.3) is 5.91 Å². The van der Waals surface area contributed by atoms with Gasteiger partial charge in [0.1, 0.15) is 5.75 Å². The van der Waals surface area contributed by atoms with Crippen LogP contribution in [0.5, 0.6) is 5.75 Å². The third kappa shape index (κ3) is 7.68. The molecular formula is C31H29F6N3O3. The number of amides is 2. The zero-order valence-electron chi connectivity index (χ0n) is 23.3. The first-order valence-electron chi connectivity index (χ1n) is 13.3. The fourth-order valence-electron chi connectivity index (χ4n) is 4.86. The Hall–Kier alpha value is -4.48. The van der Waals surface area contributed by atoms with Crippen LogP contribution < -0.4 is 10.1 Å². The second-order valence-corrected chi connectivity index (χ2v) is 10.1. The first-order valence-corrected chi connectivity index (χ1v) is 13.3. The number of H-pyrrole nitrogens is 1. The summed E-state index contributed by atoms with van der Waals surface area (Å²) in [6.45, 7) is 0.176. The van der Waals surface area contributed by atoms with Crippen LogP contribution in [0.25, 0.3) is 10.9 Å². The van der Waals surface area contributed by atoms with E-state index in [1.54, 1.807) is 30.5 Å². The molecule has 1 atom stereocenters. The number of carbonyl (C=O) groups is 2. The van der Waals surface area contributed by atoms with Crippen LogP contribution >= 0.6 is 0 Å². The van der Waals surface area contributed by atoms with Crippen LogP contribution in [-0.2, 0) is 30.1 Å². The van der Waals surface area contributed by atoms with E-state index in [-0.39, 0.29) is 37.8 Å². The van der Waals surface area contributed by atoms with Crippen LogP contribution in [0.3, 0.4) is 0 Å². The minimum Gasteiger partial charge on any atom is -0.496 e. The largest absolute Gasteiger partial charge is 0.496 e. The number of fused-ring (bicyclic) bond motifs is 1. The van der Waals surface area contributed by atoms with Crippen LogP contribution in [0.2, 0.25) is 0 Å². The Morgan fingerprint density at radius 2 is 1.53 bits per heavy atom. The van der Waals surface area contributed by atoms with Gasteiger partial charge in [-0.3, -0.25) is 9.59 Å². The van der Waals surface area contributed by atoms with Crippen LogP contribution in [0.4, 0.5) is 26.3 Å². The molecule has 4 rings (SSSR count). The molecule has 0 saturated carbocycles. The van der Waals surface area contributed by atoms with E-state index in [1.807, 2.05) is 24.3 Å². The number of aromatic nitrogens is 1. The fraction of sp³-hybridized carbons (Fsp3) is 0.290. The zero-order valence-corrected chi connectivity index (χ0v) is 23.3. The smallest absolute Gasteiger partial charge is 0.416 e. The molecule has 0 spiro atoms. The molecule has 0 aliphatic carbocycles. The average molecular weight is 606 g/mol. The maximum atomic E-state index is 13.5. The summed E-state index contributed by atoms with van der Waals surface area (Å²) < 4.78 is 86.1. The summed E-state index contributed by atoms with van der Waals surface area (Å²) in [7, 11) is 2.81. The van der Waals surface area contributed by atoms with E-state index < -0.39 is 41.0 Å². The molecule has 43 heavy (non-hydrogen) atoms. The summed E-state index contributed by atoms with van der Waals surface area (Å²) in [5.41, 5.74) is -1.59. The van der Waals surface area contributed by atoms with Crippen molar-refractivity contribution in [2.45, 2.75) is 44.2 Å². The second-order valence-electron chi connectivity index (χ2n) is 10.1. The number of likely N-dealkylation sites (N-methyl/N-ethyl adjacent to an activating group) is 1. The Morgan fingerprint density at radius 3 is 2.19 bits per heavy atom. The van der Waals surface area contributed by atoms with Crippen molar-refractivity contribution in [1.29, 1.82) is 0 Å². The van der Waals surface area contributed by atoms with Gasteiger partial charge in [0.15, 0.2) is 0 Å². The number of alkyl halides is 6. The van der Waals surface area contributed by atoms with Gasteiger partial charge >= 0.3 is 12.4 Å². The van der Waals surface area contributed by atoms with Crippen molar-refractivity contribution in [2.75, 3.05) is 14.2 Å². The molecule has 2 amide bonds. The molecule has 1 unspecified atom stereocenters. The summed E-state index contributed by atoms with van der Waals surface area (Å²) >= 11 is 0. The molecule has 12 heteroatoms. The number of hydrogen-bond donors (Lipinski definition) is 2. The van der Waals surface area contributed by atoms with Crippen LogP contribution in [-0.4, -0.2) is 41.9 Å². The number of nitrogens with one attached hydrogen (secondary N) is 2. The number of nitrogens with zero attached hydrogens (tertiary/aromatic N) is 1. The highest BCUT2D eigenvalue weighted by atomic mass is 19.4. The van der Waals surface area contributed by atoms with Gasteiger partial charge in [-0.1, -0.05) is 36.4 Å². The van der Waals surface area contributed by atoms with Crippen molar-refractivity contribution in [3.63, 3.8) is 0 Å². The molecule has 3 aromatic carbocycles. The maximum absolute atomic E-state index is 13.5. The summed E-state index contributed by atoms with van der Waals surface area (Å²) in [5.74, 6) is -0.797. The minimum absolute atomic E-state index is 0.0216. The van der Waals surface area contributed by atoms with Gasteiger partial charge in [-0.2, -0.15) is 26.3 Å². The van der Waals surface area contributed by atoms with Crippen molar-refractivity contribution < 1.29 is 40.7 Å². The number of para-hydroxylation sites is 2. The number of hydrogen-bond acceptors (Lipinski definition) is 3. The normalized spacial score (nSPS) is 12.7. The van der Waals surface area contributed by atoms with Gasteiger partial charge in [-0.05, 0) is 48.7 Å². The molecule has 0 bridgehead atoms. The molecule has 6 nitrogen and oxygen atoms in total. The van der Waals surface area contributed by atoms with E-state index in [2.05, 4.69) is 10.3 Å². The molecule has 0 aliphatic heterocycles. The summed E-state index contributed by atoms with van der Waals surface area (Å²) in [5, 5.41) is 3.63. The van der Waals surface area contributed by atoms with E-state index in [4.69, 9.17) is 4.74 Å². The van der Waals surface area contributed by atoms with Crippen molar-refractivity contribution in [1.82, 2.24) is 15.2 Å². The maximum Gasteiger partial charge on any atom is 0.416 e. The predicted octanol–water partition coefficient (Wildman–Crippen LogP) is 6.99. The highest BCUT2D eigenvalue weighted by Crippen LogP contribution is 2.37. The molecule has 1 aromatic heterocycles. The first-order chi connectivity index (χ1) is 20.3. The molecule has 0 saturated heterocycles. The molecule has 0 fully saturated rings. The Morgan fingerprint density at radius 1 is 0.907 bits per heavy atom. The van der Waals surface area contributed by atoms with E-state index in [1.165, 1.54) is 14.2 Å².